The van der Waals surface area contributed by atoms with E-state index < -0.39 is 5.91 Å². The molecule has 0 aliphatic heterocycles. The molecule has 162 valence electrons. The summed E-state index contributed by atoms with van der Waals surface area (Å²) >= 11 is 0. The van der Waals surface area contributed by atoms with E-state index in [4.69, 9.17) is 0 Å². The molecular weight excluding hydrogens is 412 g/mol. The molecule has 6 heteroatoms. The summed E-state index contributed by atoms with van der Waals surface area (Å²) in [7, 11) is 0. The molecule has 0 saturated carbocycles. The number of nitrogens with zero attached hydrogens (tertiary/aromatic N) is 2. The van der Waals surface area contributed by atoms with Crippen LogP contribution in [0.15, 0.2) is 108 Å². The Morgan fingerprint density at radius 2 is 1.42 bits per heavy atom. The van der Waals surface area contributed by atoms with Crippen molar-refractivity contribution in [3.63, 3.8) is 0 Å². The van der Waals surface area contributed by atoms with Crippen molar-refractivity contribution < 1.29 is 9.59 Å². The van der Waals surface area contributed by atoms with Crippen LogP contribution in [0.1, 0.15) is 37.5 Å². The molecule has 0 unspecified atom stereocenters. The molecule has 33 heavy (non-hydrogen) atoms. The van der Waals surface area contributed by atoms with Gasteiger partial charge in [0, 0.05) is 17.3 Å². The predicted octanol–water partition coefficient (Wildman–Crippen LogP) is 4.82. The molecule has 4 aromatic rings. The smallest absolute Gasteiger partial charge is 0.273 e. The van der Waals surface area contributed by atoms with E-state index in [1.807, 2.05) is 67.6 Å². The lowest BCUT2D eigenvalue weighted by Gasteiger charge is -2.11. The van der Waals surface area contributed by atoms with Gasteiger partial charge in [0.05, 0.1) is 16.9 Å². The number of aromatic nitrogens is 1. The number of hydrogen-bond donors (Lipinski definition) is 2. The van der Waals surface area contributed by atoms with Gasteiger partial charge in [-0.3, -0.25) is 14.6 Å². The van der Waals surface area contributed by atoms with Crippen molar-refractivity contribution in [2.45, 2.75) is 6.92 Å². The fourth-order valence-electron chi connectivity index (χ4n) is 3.23. The second-order valence-electron chi connectivity index (χ2n) is 7.35. The zero-order valence-corrected chi connectivity index (χ0v) is 18.0. The molecule has 2 N–H and O–H groups in total. The summed E-state index contributed by atoms with van der Waals surface area (Å²) in [6.07, 6.45) is 1.67. The number of nitrogens with one attached hydrogen (secondary N) is 2. The van der Waals surface area contributed by atoms with Crippen molar-refractivity contribution in [2.75, 3.05) is 5.32 Å². The number of aryl methyl sites for hydroxylation is 1. The van der Waals surface area contributed by atoms with Gasteiger partial charge in [-0.1, -0.05) is 66.2 Å². The first-order valence-corrected chi connectivity index (χ1v) is 10.4. The molecule has 6 nitrogen and oxygen atoms in total. The first kappa shape index (κ1) is 21.6. The fraction of sp³-hybridized carbons (Fsp3) is 0.0370. The van der Waals surface area contributed by atoms with Gasteiger partial charge in [-0.2, -0.15) is 5.10 Å². The average Bonchev–Trinajstić information content (AvgIpc) is 2.86. The van der Waals surface area contributed by atoms with Crippen LogP contribution in [0.5, 0.6) is 0 Å². The van der Waals surface area contributed by atoms with Gasteiger partial charge in [0.1, 0.15) is 5.71 Å². The van der Waals surface area contributed by atoms with E-state index in [0.717, 1.165) is 11.1 Å². The first-order chi connectivity index (χ1) is 16.1. The number of benzene rings is 3. The average molecular weight is 434 g/mol. The second-order valence-corrected chi connectivity index (χ2v) is 7.35. The summed E-state index contributed by atoms with van der Waals surface area (Å²) in [5, 5.41) is 7.19. The Hall–Kier alpha value is -4.58. The number of hydrogen-bond acceptors (Lipinski definition) is 4. The van der Waals surface area contributed by atoms with Crippen LogP contribution in [-0.4, -0.2) is 22.5 Å². The van der Waals surface area contributed by atoms with Crippen molar-refractivity contribution in [3.05, 3.63) is 131 Å². The summed E-state index contributed by atoms with van der Waals surface area (Å²) in [6.45, 7) is 1.95. The van der Waals surface area contributed by atoms with E-state index in [-0.39, 0.29) is 5.91 Å². The zero-order valence-electron chi connectivity index (χ0n) is 18.0. The van der Waals surface area contributed by atoms with E-state index in [2.05, 4.69) is 20.8 Å². The molecule has 0 bridgehead atoms. The van der Waals surface area contributed by atoms with Gasteiger partial charge in [0.25, 0.3) is 11.8 Å². The van der Waals surface area contributed by atoms with Crippen molar-refractivity contribution in [1.29, 1.82) is 0 Å². The summed E-state index contributed by atoms with van der Waals surface area (Å²) < 4.78 is 0. The van der Waals surface area contributed by atoms with Crippen LogP contribution in [0.2, 0.25) is 0 Å². The van der Waals surface area contributed by atoms with Crippen molar-refractivity contribution in [1.82, 2.24) is 10.4 Å². The van der Waals surface area contributed by atoms with Gasteiger partial charge in [-0.25, -0.2) is 5.43 Å². The van der Waals surface area contributed by atoms with Crippen molar-refractivity contribution in [3.8, 4) is 0 Å². The van der Waals surface area contributed by atoms with Gasteiger partial charge in [0.2, 0.25) is 0 Å². The molecule has 0 aliphatic carbocycles. The Bertz CT molecular complexity index is 1240. The van der Waals surface area contributed by atoms with Crippen LogP contribution in [0.4, 0.5) is 5.69 Å². The van der Waals surface area contributed by atoms with Crippen molar-refractivity contribution in [2.24, 2.45) is 5.10 Å². The minimum absolute atomic E-state index is 0.294. The molecule has 0 aliphatic rings. The van der Waals surface area contributed by atoms with Gasteiger partial charge < -0.3 is 5.32 Å². The Kier molecular flexibility index (Phi) is 6.66. The number of carbonyl (C=O) groups is 2. The fourth-order valence-corrected chi connectivity index (χ4v) is 3.23. The van der Waals surface area contributed by atoms with Crippen LogP contribution >= 0.6 is 0 Å². The third kappa shape index (κ3) is 5.37. The first-order valence-electron chi connectivity index (χ1n) is 10.4. The maximum Gasteiger partial charge on any atom is 0.273 e. The van der Waals surface area contributed by atoms with E-state index in [9.17, 15) is 9.59 Å². The molecule has 4 rings (SSSR count). The second kappa shape index (κ2) is 10.2. The van der Waals surface area contributed by atoms with Crippen LogP contribution < -0.4 is 10.7 Å². The summed E-state index contributed by atoms with van der Waals surface area (Å²) in [4.78, 5) is 30.0. The molecule has 2 amide bonds. The Balaban J connectivity index is 1.58. The predicted molar refractivity (Wildman–Crippen MR) is 129 cm³/mol. The largest absolute Gasteiger partial charge is 0.321 e. The normalized spacial score (nSPS) is 11.0. The molecular formula is C27H22N4O2. The highest BCUT2D eigenvalue weighted by Crippen LogP contribution is 2.17. The van der Waals surface area contributed by atoms with Gasteiger partial charge >= 0.3 is 0 Å². The number of carbonyl (C=O) groups excluding carboxylic acids is 2. The van der Waals surface area contributed by atoms with E-state index in [0.29, 0.717) is 28.2 Å². The maximum absolute atomic E-state index is 13.0. The number of hydrazone groups is 1. The standard InChI is InChI=1S/C27H22N4O2/c1-19-14-16-21(17-15-19)26(32)29-23-12-6-5-11-22(23)27(33)31-30-25(20-9-3-2-4-10-20)24-13-7-8-18-28-24/h2-18H,1H3,(H,29,32)(H,31,33)/b30-25+. The summed E-state index contributed by atoms with van der Waals surface area (Å²) in [5.74, 6) is -0.739. The minimum atomic E-state index is -0.445. The molecule has 0 saturated heterocycles. The summed E-state index contributed by atoms with van der Waals surface area (Å²) in [5.41, 5.74) is 6.86. The molecule has 0 fully saturated rings. The topological polar surface area (TPSA) is 83.5 Å². The van der Waals surface area contributed by atoms with Gasteiger partial charge in [0.15, 0.2) is 0 Å². The minimum Gasteiger partial charge on any atom is -0.321 e. The molecule has 3 aromatic carbocycles. The Morgan fingerprint density at radius 3 is 2.15 bits per heavy atom. The zero-order chi connectivity index (χ0) is 23.0. The number of pyridine rings is 1. The number of para-hydroxylation sites is 1. The van der Waals surface area contributed by atoms with Crippen LogP contribution in [0, 0.1) is 6.92 Å². The van der Waals surface area contributed by atoms with Crippen LogP contribution in [0.3, 0.4) is 0 Å². The third-order valence-corrected chi connectivity index (χ3v) is 4.96. The van der Waals surface area contributed by atoms with Crippen LogP contribution in [-0.2, 0) is 0 Å². The molecule has 0 spiro atoms. The lowest BCUT2D eigenvalue weighted by molar-refractivity contribution is 0.0956. The van der Waals surface area contributed by atoms with Crippen LogP contribution in [0.25, 0.3) is 0 Å². The highest BCUT2D eigenvalue weighted by Gasteiger charge is 2.15. The third-order valence-electron chi connectivity index (χ3n) is 4.96. The quantitative estimate of drug-likeness (QED) is 0.337. The number of rotatable bonds is 6. The lowest BCUT2D eigenvalue weighted by Crippen LogP contribution is -2.23. The monoisotopic (exact) mass is 434 g/mol. The maximum atomic E-state index is 13.0. The van der Waals surface area contributed by atoms with Gasteiger partial charge in [-0.15, -0.1) is 0 Å². The van der Waals surface area contributed by atoms with E-state index in [1.165, 1.54) is 0 Å². The van der Waals surface area contributed by atoms with Crippen molar-refractivity contribution >= 4 is 23.2 Å². The molecule has 0 radical (unpaired) electrons. The van der Waals surface area contributed by atoms with E-state index in [1.54, 1.807) is 42.6 Å². The highest BCUT2D eigenvalue weighted by atomic mass is 16.2. The SMILES string of the molecule is Cc1ccc(C(=O)Nc2ccccc2C(=O)N/N=C(\c2ccccc2)c2ccccn2)cc1. The molecule has 1 heterocycles. The Labute approximate surface area is 192 Å². The lowest BCUT2D eigenvalue weighted by atomic mass is 10.1. The number of anilines is 1. The summed E-state index contributed by atoms with van der Waals surface area (Å²) in [6, 6.07) is 29.0. The Morgan fingerprint density at radius 1 is 0.727 bits per heavy atom. The highest BCUT2D eigenvalue weighted by molar-refractivity contribution is 6.13. The number of amides is 2. The molecule has 0 atom stereocenters. The van der Waals surface area contributed by atoms with Gasteiger partial charge in [-0.05, 0) is 43.3 Å². The van der Waals surface area contributed by atoms with E-state index >= 15 is 0 Å². The molecule has 1 aromatic heterocycles.